The summed E-state index contributed by atoms with van der Waals surface area (Å²) in [5.41, 5.74) is 0.389. The van der Waals surface area contributed by atoms with Crippen molar-refractivity contribution < 1.29 is 18.6 Å². The highest BCUT2D eigenvalue weighted by Crippen LogP contribution is 2.44. The van der Waals surface area contributed by atoms with Crippen LogP contribution in [0.1, 0.15) is 34.6 Å². The van der Waals surface area contributed by atoms with Gasteiger partial charge in [0.2, 0.25) is 0 Å². The Bertz CT molecular complexity index is 286. The molecule has 0 fully saturated rings. The third-order valence-corrected chi connectivity index (χ3v) is 4.29. The predicted molar refractivity (Wildman–Crippen MR) is 77.8 cm³/mol. The minimum atomic E-state index is -1.13. The van der Waals surface area contributed by atoms with Crippen molar-refractivity contribution in [2.75, 3.05) is 20.3 Å². The molecule has 0 heterocycles. The number of carbonyl (C=O) groups excluding carboxylic acids is 1. The quantitative estimate of drug-likeness (QED) is 0.283. The van der Waals surface area contributed by atoms with Crippen molar-refractivity contribution in [1.29, 1.82) is 0 Å². The van der Waals surface area contributed by atoms with Gasteiger partial charge in [0.25, 0.3) is 8.53 Å². The minimum absolute atomic E-state index is 0.206. The summed E-state index contributed by atoms with van der Waals surface area (Å²) in [5, 5.41) is 0. The van der Waals surface area contributed by atoms with Crippen LogP contribution >= 0.6 is 8.53 Å². The monoisotopic (exact) mass is 291 g/mol. The molecule has 0 aromatic carbocycles. The second-order valence-electron chi connectivity index (χ2n) is 4.74. The molecule has 0 spiro atoms. The van der Waals surface area contributed by atoms with E-state index in [1.807, 2.05) is 0 Å². The van der Waals surface area contributed by atoms with E-state index in [9.17, 15) is 4.79 Å². The Morgan fingerprint density at radius 2 is 1.74 bits per heavy atom. The van der Waals surface area contributed by atoms with Gasteiger partial charge in [-0.05, 0) is 34.6 Å². The predicted octanol–water partition coefficient (Wildman–Crippen LogP) is 3.11. The number of hydrogen-bond acceptors (Lipinski definition) is 5. The van der Waals surface area contributed by atoms with Crippen LogP contribution < -0.4 is 0 Å². The molecule has 0 amide bonds. The second-order valence-corrected chi connectivity index (χ2v) is 6.30. The maximum Gasteiger partial charge on any atom is 0.333 e. The first kappa shape index (κ1) is 18.5. The molecule has 19 heavy (non-hydrogen) atoms. The fraction of sp³-hybridized carbons (Fsp3) is 0.769. The van der Waals surface area contributed by atoms with Gasteiger partial charge in [0.1, 0.15) is 6.61 Å². The average molecular weight is 291 g/mol. The van der Waals surface area contributed by atoms with Crippen molar-refractivity contribution >= 4 is 14.5 Å². The SMILES string of the molecule is C=C(C)C(=O)OCCOP(OC)N(C(C)C)C(C)C. The zero-order valence-corrected chi connectivity index (χ0v) is 13.7. The number of hydrogen-bond donors (Lipinski definition) is 0. The van der Waals surface area contributed by atoms with Crippen molar-refractivity contribution in [3.63, 3.8) is 0 Å². The summed E-state index contributed by atoms with van der Waals surface area (Å²) in [6.45, 7) is 14.0. The lowest BCUT2D eigenvalue weighted by Crippen LogP contribution is -2.33. The van der Waals surface area contributed by atoms with Gasteiger partial charge in [-0.2, -0.15) is 0 Å². The van der Waals surface area contributed by atoms with Crippen molar-refractivity contribution in [2.24, 2.45) is 0 Å². The van der Waals surface area contributed by atoms with Crippen LogP contribution in [0.2, 0.25) is 0 Å². The maximum atomic E-state index is 11.2. The lowest BCUT2D eigenvalue weighted by atomic mass is 10.3. The summed E-state index contributed by atoms with van der Waals surface area (Å²) in [6.07, 6.45) is 0. The first-order valence-electron chi connectivity index (χ1n) is 6.39. The van der Waals surface area contributed by atoms with E-state index >= 15 is 0 Å². The zero-order chi connectivity index (χ0) is 15.0. The molecule has 6 heteroatoms. The Hall–Kier alpha value is -0.480. The summed E-state index contributed by atoms with van der Waals surface area (Å²) in [6, 6.07) is 0.646. The first-order chi connectivity index (χ1) is 8.81. The molecule has 0 N–H and O–H groups in total. The Balaban J connectivity index is 4.19. The standard InChI is InChI=1S/C13H26NO4P/c1-10(2)13(15)17-8-9-18-19(16-7)14(11(3)4)12(5)6/h11-12H,1,8-9H2,2-7H3. The molecule has 1 atom stereocenters. The Morgan fingerprint density at radius 1 is 1.21 bits per heavy atom. The number of nitrogens with zero attached hydrogens (tertiary/aromatic N) is 1. The van der Waals surface area contributed by atoms with E-state index in [0.29, 0.717) is 24.3 Å². The molecule has 0 aromatic rings. The smallest absolute Gasteiger partial charge is 0.333 e. The van der Waals surface area contributed by atoms with Crippen LogP contribution in [-0.4, -0.2) is 43.0 Å². The van der Waals surface area contributed by atoms with Gasteiger partial charge < -0.3 is 13.8 Å². The molecule has 0 radical (unpaired) electrons. The van der Waals surface area contributed by atoms with Crippen LogP contribution in [0.3, 0.4) is 0 Å². The lowest BCUT2D eigenvalue weighted by Gasteiger charge is -2.34. The molecule has 0 saturated heterocycles. The van der Waals surface area contributed by atoms with Gasteiger partial charge in [-0.25, -0.2) is 9.46 Å². The van der Waals surface area contributed by atoms with Crippen molar-refractivity contribution in [3.8, 4) is 0 Å². The summed E-state index contributed by atoms with van der Waals surface area (Å²) in [7, 11) is 0.501. The third-order valence-electron chi connectivity index (χ3n) is 2.27. The Morgan fingerprint density at radius 3 is 2.11 bits per heavy atom. The minimum Gasteiger partial charge on any atom is -0.460 e. The van der Waals surface area contributed by atoms with Gasteiger partial charge in [0.05, 0.1) is 6.61 Å². The van der Waals surface area contributed by atoms with E-state index < -0.39 is 14.5 Å². The van der Waals surface area contributed by atoms with Crippen molar-refractivity contribution in [3.05, 3.63) is 12.2 Å². The third kappa shape index (κ3) is 7.02. The number of ether oxygens (including phenoxy) is 1. The lowest BCUT2D eigenvalue weighted by molar-refractivity contribution is -0.139. The zero-order valence-electron chi connectivity index (χ0n) is 12.8. The number of rotatable bonds is 9. The van der Waals surface area contributed by atoms with Crippen LogP contribution in [0, 0.1) is 0 Å². The largest absolute Gasteiger partial charge is 0.460 e. The van der Waals surface area contributed by atoms with Gasteiger partial charge in [0, 0.05) is 24.8 Å². The first-order valence-corrected chi connectivity index (χ1v) is 7.52. The van der Waals surface area contributed by atoms with Gasteiger partial charge in [-0.3, -0.25) is 0 Å². The van der Waals surface area contributed by atoms with Crippen molar-refractivity contribution in [1.82, 2.24) is 4.67 Å². The molecule has 0 saturated carbocycles. The second kappa shape index (κ2) is 9.43. The van der Waals surface area contributed by atoms with E-state index in [1.165, 1.54) is 0 Å². The topological polar surface area (TPSA) is 48.0 Å². The summed E-state index contributed by atoms with van der Waals surface area (Å²) >= 11 is 0. The normalized spacial score (nSPS) is 13.1. The molecule has 5 nitrogen and oxygen atoms in total. The fourth-order valence-electron chi connectivity index (χ4n) is 1.56. The number of esters is 1. The van der Waals surface area contributed by atoms with E-state index in [0.717, 1.165) is 0 Å². The summed E-state index contributed by atoms with van der Waals surface area (Å²) in [4.78, 5) is 11.2. The van der Waals surface area contributed by atoms with E-state index in [-0.39, 0.29) is 6.61 Å². The number of carbonyl (C=O) groups is 1. The highest BCUT2D eigenvalue weighted by atomic mass is 31.2. The molecule has 1 unspecified atom stereocenters. The van der Waals surface area contributed by atoms with Gasteiger partial charge in [0.15, 0.2) is 0 Å². The fourth-order valence-corrected chi connectivity index (χ4v) is 2.97. The molecule has 0 aliphatic heterocycles. The molecule has 112 valence electrons. The molecule has 0 rings (SSSR count). The Kier molecular flexibility index (Phi) is 9.19. The molecule has 0 bridgehead atoms. The van der Waals surface area contributed by atoms with E-state index in [4.69, 9.17) is 13.8 Å². The summed E-state index contributed by atoms with van der Waals surface area (Å²) in [5.74, 6) is -0.394. The Labute approximate surface area is 117 Å². The molecule has 0 aliphatic carbocycles. The van der Waals surface area contributed by atoms with Crippen molar-refractivity contribution in [2.45, 2.75) is 46.7 Å². The average Bonchev–Trinajstić information content (AvgIpc) is 2.31. The van der Waals surface area contributed by atoms with Gasteiger partial charge in [-0.15, -0.1) is 0 Å². The molecular formula is C13H26NO4P. The summed E-state index contributed by atoms with van der Waals surface area (Å²) < 4.78 is 18.2. The van der Waals surface area contributed by atoms with E-state index in [1.54, 1.807) is 14.0 Å². The highest BCUT2D eigenvalue weighted by Gasteiger charge is 2.25. The maximum absolute atomic E-state index is 11.2. The van der Waals surface area contributed by atoms with E-state index in [2.05, 4.69) is 38.9 Å². The van der Waals surface area contributed by atoms with Crippen LogP contribution in [0.4, 0.5) is 0 Å². The molecular weight excluding hydrogens is 265 g/mol. The molecule has 0 aliphatic rings. The van der Waals surface area contributed by atoms with Crippen LogP contribution in [-0.2, 0) is 18.6 Å². The van der Waals surface area contributed by atoms with Gasteiger partial charge >= 0.3 is 5.97 Å². The van der Waals surface area contributed by atoms with Crippen LogP contribution in [0.25, 0.3) is 0 Å². The highest BCUT2D eigenvalue weighted by molar-refractivity contribution is 7.44. The van der Waals surface area contributed by atoms with Crippen LogP contribution in [0.5, 0.6) is 0 Å². The van der Waals surface area contributed by atoms with Crippen LogP contribution in [0.15, 0.2) is 12.2 Å². The van der Waals surface area contributed by atoms with Gasteiger partial charge in [-0.1, -0.05) is 6.58 Å². The molecule has 0 aromatic heterocycles.